The smallest absolute Gasteiger partial charge is 0.325 e. The lowest BCUT2D eigenvalue weighted by Gasteiger charge is -2.33. The number of carbonyl (C=O) groups is 3. The van der Waals surface area contributed by atoms with Crippen LogP contribution in [0.4, 0.5) is 5.69 Å². The van der Waals surface area contributed by atoms with Crippen molar-refractivity contribution in [2.75, 3.05) is 38.6 Å². The number of anilines is 1. The number of carbonyl (C=O) groups excluding carboxylic acids is 3. The molecule has 9 nitrogen and oxygen atoms in total. The molecule has 4 N–H and O–H groups in total. The number of amides is 2. The second-order valence-electron chi connectivity index (χ2n) is 5.23. The van der Waals surface area contributed by atoms with Crippen LogP contribution in [-0.4, -0.2) is 66.8 Å². The molecule has 0 unspecified atom stereocenters. The number of ether oxygens (including phenoxy) is 1. The Morgan fingerprint density at radius 1 is 1.29 bits per heavy atom. The molecule has 128 valence electrons. The van der Waals surface area contributed by atoms with Crippen LogP contribution >= 0.6 is 0 Å². The Hall–Kier alpha value is -3.10. The average molecular weight is 333 g/mol. The van der Waals surface area contributed by atoms with E-state index in [1.165, 1.54) is 16.9 Å². The van der Waals surface area contributed by atoms with Crippen LogP contribution < -0.4 is 11.1 Å². The van der Waals surface area contributed by atoms with E-state index in [0.29, 0.717) is 17.8 Å². The van der Waals surface area contributed by atoms with Gasteiger partial charge in [0.05, 0.1) is 7.11 Å². The Balaban J connectivity index is 1.97. The Labute approximate surface area is 138 Å². The number of rotatable bonds is 4. The van der Waals surface area contributed by atoms with E-state index in [-0.39, 0.29) is 37.4 Å². The number of esters is 1. The first kappa shape index (κ1) is 17.3. The molecule has 1 fully saturated rings. The van der Waals surface area contributed by atoms with Crippen molar-refractivity contribution in [2.24, 2.45) is 5.73 Å². The van der Waals surface area contributed by atoms with E-state index in [4.69, 9.17) is 11.1 Å². The van der Waals surface area contributed by atoms with E-state index in [0.717, 1.165) is 0 Å². The summed E-state index contributed by atoms with van der Waals surface area (Å²) in [6.07, 6.45) is 0. The molecule has 1 saturated heterocycles. The quantitative estimate of drug-likeness (QED) is 0.385. The predicted molar refractivity (Wildman–Crippen MR) is 86.5 cm³/mol. The molecule has 0 spiro atoms. The first-order chi connectivity index (χ1) is 11.4. The summed E-state index contributed by atoms with van der Waals surface area (Å²) >= 11 is 0. The maximum atomic E-state index is 12.4. The van der Waals surface area contributed by atoms with E-state index in [2.05, 4.69) is 10.1 Å². The summed E-state index contributed by atoms with van der Waals surface area (Å²) in [5.41, 5.74) is 6.26. The standard InChI is InChI=1S/C15H19N5O4/c1-24-13(22)9-19-6-7-20(8-12(19)21)14(23)10-2-4-11(5-3-10)18-15(16)17/h2-5H,6-9H2,1H3,(H4,16,17,18). The number of hydrogen-bond acceptors (Lipinski definition) is 5. The van der Waals surface area contributed by atoms with Crippen molar-refractivity contribution in [3.8, 4) is 0 Å². The zero-order valence-electron chi connectivity index (χ0n) is 13.2. The number of piperazine rings is 1. The number of nitrogens with two attached hydrogens (primary N) is 1. The Morgan fingerprint density at radius 3 is 2.50 bits per heavy atom. The highest BCUT2D eigenvalue weighted by Crippen LogP contribution is 2.13. The van der Waals surface area contributed by atoms with Gasteiger partial charge in [-0.2, -0.15) is 0 Å². The van der Waals surface area contributed by atoms with E-state index in [1.807, 2.05) is 0 Å². The van der Waals surface area contributed by atoms with Crippen molar-refractivity contribution in [1.82, 2.24) is 9.80 Å². The maximum absolute atomic E-state index is 12.4. The Bertz CT molecular complexity index is 658. The molecule has 1 aromatic rings. The van der Waals surface area contributed by atoms with E-state index in [9.17, 15) is 14.4 Å². The van der Waals surface area contributed by atoms with Crippen LogP contribution in [0.15, 0.2) is 24.3 Å². The van der Waals surface area contributed by atoms with Crippen molar-refractivity contribution >= 4 is 29.4 Å². The monoisotopic (exact) mass is 333 g/mol. The number of nitrogens with one attached hydrogen (secondary N) is 2. The number of guanidine groups is 1. The van der Waals surface area contributed by atoms with Gasteiger partial charge in [0.25, 0.3) is 5.91 Å². The van der Waals surface area contributed by atoms with Crippen LogP contribution in [0.1, 0.15) is 10.4 Å². The van der Waals surface area contributed by atoms with Gasteiger partial charge in [-0.05, 0) is 24.3 Å². The molecule has 24 heavy (non-hydrogen) atoms. The summed E-state index contributed by atoms with van der Waals surface area (Å²) in [4.78, 5) is 38.5. The van der Waals surface area contributed by atoms with Gasteiger partial charge in [0.1, 0.15) is 13.1 Å². The highest BCUT2D eigenvalue weighted by atomic mass is 16.5. The first-order valence-corrected chi connectivity index (χ1v) is 7.25. The second-order valence-corrected chi connectivity index (χ2v) is 5.23. The fraction of sp³-hybridized carbons (Fsp3) is 0.333. The minimum absolute atomic E-state index is 0.0801. The van der Waals surface area contributed by atoms with Crippen LogP contribution in [0.3, 0.4) is 0 Å². The van der Waals surface area contributed by atoms with Crippen molar-refractivity contribution in [2.45, 2.75) is 0 Å². The third-order valence-corrected chi connectivity index (χ3v) is 3.56. The highest BCUT2D eigenvalue weighted by Gasteiger charge is 2.28. The largest absolute Gasteiger partial charge is 0.468 e. The van der Waals surface area contributed by atoms with E-state index in [1.54, 1.807) is 24.3 Å². The van der Waals surface area contributed by atoms with Crippen molar-refractivity contribution in [3.05, 3.63) is 29.8 Å². The third kappa shape index (κ3) is 4.22. The molecule has 9 heteroatoms. The molecule has 0 bridgehead atoms. The normalized spacial score (nSPS) is 14.3. The van der Waals surface area contributed by atoms with Crippen molar-refractivity contribution in [3.63, 3.8) is 0 Å². The molecule has 1 heterocycles. The summed E-state index contributed by atoms with van der Waals surface area (Å²) in [5, 5.41) is 9.77. The molecule has 1 aliphatic rings. The van der Waals surface area contributed by atoms with E-state index < -0.39 is 5.97 Å². The fourth-order valence-electron chi connectivity index (χ4n) is 2.30. The molecule has 0 atom stereocenters. The van der Waals surface area contributed by atoms with Crippen LogP contribution in [0.5, 0.6) is 0 Å². The van der Waals surface area contributed by atoms with Gasteiger partial charge in [0.2, 0.25) is 5.91 Å². The molecular formula is C15H19N5O4. The third-order valence-electron chi connectivity index (χ3n) is 3.56. The first-order valence-electron chi connectivity index (χ1n) is 7.25. The van der Waals surface area contributed by atoms with Gasteiger partial charge in [-0.3, -0.25) is 19.8 Å². The zero-order valence-corrected chi connectivity index (χ0v) is 13.2. The summed E-state index contributed by atoms with van der Waals surface area (Å²) in [6.45, 7) is 0.435. The van der Waals surface area contributed by atoms with Crippen LogP contribution in [0.25, 0.3) is 0 Å². The summed E-state index contributed by atoms with van der Waals surface area (Å²) < 4.78 is 4.54. The molecule has 1 aromatic carbocycles. The summed E-state index contributed by atoms with van der Waals surface area (Å²) in [7, 11) is 1.26. The predicted octanol–water partition coefficient (Wildman–Crippen LogP) is -0.551. The lowest BCUT2D eigenvalue weighted by Crippen LogP contribution is -2.53. The zero-order chi connectivity index (χ0) is 17.7. The minimum atomic E-state index is -0.489. The SMILES string of the molecule is COC(=O)CN1CCN(C(=O)c2ccc(NC(=N)N)cc2)CC1=O. The van der Waals surface area contributed by atoms with Gasteiger partial charge >= 0.3 is 5.97 Å². The van der Waals surface area contributed by atoms with E-state index >= 15 is 0 Å². The molecule has 0 aromatic heterocycles. The van der Waals surface area contributed by atoms with Crippen molar-refractivity contribution in [1.29, 1.82) is 5.41 Å². The summed E-state index contributed by atoms with van der Waals surface area (Å²) in [6, 6.07) is 6.45. The van der Waals surface area contributed by atoms with Crippen LogP contribution in [0.2, 0.25) is 0 Å². The summed E-state index contributed by atoms with van der Waals surface area (Å²) in [5.74, 6) is -1.25. The van der Waals surface area contributed by atoms with Crippen LogP contribution in [0, 0.1) is 5.41 Å². The Kier molecular flexibility index (Phi) is 5.35. The highest BCUT2D eigenvalue weighted by molar-refractivity contribution is 5.98. The average Bonchev–Trinajstić information content (AvgIpc) is 2.56. The molecule has 1 aliphatic heterocycles. The minimum Gasteiger partial charge on any atom is -0.468 e. The van der Waals surface area contributed by atoms with Gasteiger partial charge in [-0.25, -0.2) is 0 Å². The molecule has 2 amide bonds. The molecular weight excluding hydrogens is 314 g/mol. The number of nitrogens with zero attached hydrogens (tertiary/aromatic N) is 2. The fourth-order valence-corrected chi connectivity index (χ4v) is 2.30. The van der Waals surface area contributed by atoms with Gasteiger partial charge in [0.15, 0.2) is 5.96 Å². The topological polar surface area (TPSA) is 129 Å². The Morgan fingerprint density at radius 2 is 1.96 bits per heavy atom. The number of benzene rings is 1. The number of methoxy groups -OCH3 is 1. The van der Waals surface area contributed by atoms with Crippen molar-refractivity contribution < 1.29 is 19.1 Å². The van der Waals surface area contributed by atoms with Crippen LogP contribution in [-0.2, 0) is 14.3 Å². The molecule has 0 saturated carbocycles. The maximum Gasteiger partial charge on any atom is 0.325 e. The second kappa shape index (κ2) is 7.44. The molecule has 2 rings (SSSR count). The molecule has 0 aliphatic carbocycles. The number of hydrogen-bond donors (Lipinski definition) is 3. The molecule has 0 radical (unpaired) electrons. The lowest BCUT2D eigenvalue weighted by atomic mass is 10.1. The van der Waals surface area contributed by atoms with Gasteiger partial charge in [0, 0.05) is 24.3 Å². The van der Waals surface area contributed by atoms with Gasteiger partial charge in [-0.1, -0.05) is 0 Å². The van der Waals surface area contributed by atoms with Gasteiger partial charge in [-0.15, -0.1) is 0 Å². The lowest BCUT2D eigenvalue weighted by molar-refractivity contribution is -0.148. The van der Waals surface area contributed by atoms with Gasteiger partial charge < -0.3 is 25.6 Å².